The molecule has 0 bridgehead atoms. The van der Waals surface area contributed by atoms with E-state index < -0.39 is 12.0 Å². The van der Waals surface area contributed by atoms with E-state index in [0.29, 0.717) is 21.4 Å². The molecule has 2 aliphatic heterocycles. The maximum atomic E-state index is 11.7. The zero-order chi connectivity index (χ0) is 15.0. The Bertz CT molecular complexity index is 681. The summed E-state index contributed by atoms with van der Waals surface area (Å²) in [5, 5.41) is 19.4. The molecule has 108 valence electrons. The molecule has 0 aliphatic carbocycles. The number of nitrogens with one attached hydrogen (secondary N) is 1. The number of aliphatic carboxylic acids is 1. The highest BCUT2D eigenvalue weighted by atomic mass is 32.2. The molecule has 0 saturated carbocycles. The van der Waals surface area contributed by atoms with Crippen LogP contribution in [0.2, 0.25) is 0 Å². The molecule has 2 aliphatic rings. The molecule has 0 aromatic carbocycles. The summed E-state index contributed by atoms with van der Waals surface area (Å²) in [5.74, 6) is -1.30. The molecule has 6 nitrogen and oxygen atoms in total. The maximum Gasteiger partial charge on any atom is 0.328 e. The van der Waals surface area contributed by atoms with E-state index in [1.165, 1.54) is 22.5 Å². The third kappa shape index (κ3) is 2.85. The minimum Gasteiger partial charge on any atom is -0.480 e. The number of rotatable bonds is 3. The summed E-state index contributed by atoms with van der Waals surface area (Å²) < 4.78 is 0.361. The van der Waals surface area contributed by atoms with E-state index in [4.69, 9.17) is 12.2 Å². The Morgan fingerprint density at radius 1 is 1.62 bits per heavy atom. The number of thioether (sulfide) groups is 1. The number of hydrogen-bond acceptors (Lipinski definition) is 7. The van der Waals surface area contributed by atoms with Crippen LogP contribution < -0.4 is 5.32 Å². The van der Waals surface area contributed by atoms with Crippen LogP contribution in [-0.4, -0.2) is 38.1 Å². The highest BCUT2D eigenvalue weighted by Gasteiger charge is 2.34. The van der Waals surface area contributed by atoms with Gasteiger partial charge in [-0.05, 0) is 11.4 Å². The lowest BCUT2D eigenvalue weighted by Crippen LogP contribution is -2.31. The third-order valence-electron chi connectivity index (χ3n) is 2.92. The summed E-state index contributed by atoms with van der Waals surface area (Å²) in [4.78, 5) is 24.3. The standard InChI is InChI=1S/C12H9N3O3S3/c16-10-9(21-12(19)13-10)5-15-7(11(17)18)4-6(14-15)8-2-1-3-20-8/h1-3,5,7H,4H2,(H,17,18)(H,13,16,19)/b9-5-/t7-/m0/s1. The molecule has 1 amide bonds. The number of carboxylic acid groups (broad SMARTS) is 1. The fourth-order valence-electron chi connectivity index (χ4n) is 1.97. The number of nitrogens with zero attached hydrogens (tertiary/aromatic N) is 2. The van der Waals surface area contributed by atoms with Gasteiger partial charge in [-0.15, -0.1) is 11.3 Å². The first-order valence-electron chi connectivity index (χ1n) is 5.92. The van der Waals surface area contributed by atoms with Crippen molar-refractivity contribution in [3.63, 3.8) is 0 Å². The molecule has 2 N–H and O–H groups in total. The molecule has 0 unspecified atom stereocenters. The number of hydrogen-bond donors (Lipinski definition) is 2. The molecule has 1 fully saturated rings. The second kappa shape index (κ2) is 5.58. The Hall–Kier alpha value is -1.71. The predicted molar refractivity (Wildman–Crippen MR) is 85.2 cm³/mol. The number of thiocarbonyl (C=S) groups is 1. The first-order chi connectivity index (χ1) is 10.0. The van der Waals surface area contributed by atoms with Crippen molar-refractivity contribution < 1.29 is 14.7 Å². The van der Waals surface area contributed by atoms with Crippen molar-refractivity contribution in [1.82, 2.24) is 10.3 Å². The van der Waals surface area contributed by atoms with Crippen LogP contribution in [0.15, 0.2) is 33.7 Å². The average molecular weight is 339 g/mol. The Kier molecular flexibility index (Phi) is 3.79. The molecule has 21 heavy (non-hydrogen) atoms. The van der Waals surface area contributed by atoms with Crippen molar-refractivity contribution in [3.8, 4) is 0 Å². The van der Waals surface area contributed by atoms with E-state index in [9.17, 15) is 14.7 Å². The summed E-state index contributed by atoms with van der Waals surface area (Å²) in [6, 6.07) is 2.97. The van der Waals surface area contributed by atoms with Gasteiger partial charge in [0.05, 0.1) is 15.5 Å². The van der Waals surface area contributed by atoms with Crippen molar-refractivity contribution in [1.29, 1.82) is 0 Å². The highest BCUT2D eigenvalue weighted by Crippen LogP contribution is 2.28. The van der Waals surface area contributed by atoms with Gasteiger partial charge in [0.15, 0.2) is 6.04 Å². The number of thiophene rings is 1. The first kappa shape index (κ1) is 14.2. The van der Waals surface area contributed by atoms with E-state index in [1.54, 1.807) is 0 Å². The highest BCUT2D eigenvalue weighted by molar-refractivity contribution is 8.26. The molecule has 1 aromatic heterocycles. The van der Waals surface area contributed by atoms with Gasteiger partial charge in [-0.25, -0.2) is 4.79 Å². The van der Waals surface area contributed by atoms with Crippen LogP contribution in [0.3, 0.4) is 0 Å². The van der Waals surface area contributed by atoms with Crippen molar-refractivity contribution >= 4 is 57.2 Å². The number of amides is 1. The van der Waals surface area contributed by atoms with Crippen LogP contribution in [0.4, 0.5) is 0 Å². The van der Waals surface area contributed by atoms with Crippen molar-refractivity contribution in [3.05, 3.63) is 33.5 Å². The van der Waals surface area contributed by atoms with Gasteiger partial charge >= 0.3 is 5.97 Å². The summed E-state index contributed by atoms with van der Waals surface area (Å²) in [6.45, 7) is 0. The Labute approximate surface area is 133 Å². The first-order valence-corrected chi connectivity index (χ1v) is 8.02. The van der Waals surface area contributed by atoms with Crippen LogP contribution in [0.1, 0.15) is 11.3 Å². The maximum absolute atomic E-state index is 11.7. The summed E-state index contributed by atoms with van der Waals surface area (Å²) in [7, 11) is 0. The summed E-state index contributed by atoms with van der Waals surface area (Å²) in [5.41, 5.74) is 0.709. The minimum absolute atomic E-state index is 0.302. The van der Waals surface area contributed by atoms with E-state index in [1.807, 2.05) is 17.5 Å². The molecule has 1 saturated heterocycles. The van der Waals surface area contributed by atoms with Gasteiger partial charge in [0.2, 0.25) is 0 Å². The van der Waals surface area contributed by atoms with Crippen molar-refractivity contribution in [2.24, 2.45) is 5.10 Å². The average Bonchev–Trinajstić information content (AvgIpc) is 3.11. The lowest BCUT2D eigenvalue weighted by atomic mass is 10.1. The molecule has 0 radical (unpaired) electrons. The third-order valence-corrected chi connectivity index (χ3v) is 4.99. The Balaban J connectivity index is 1.90. The second-order valence-corrected chi connectivity index (χ2v) is 6.97. The number of carboxylic acids is 1. The molecule has 9 heteroatoms. The smallest absolute Gasteiger partial charge is 0.328 e. The van der Waals surface area contributed by atoms with Crippen molar-refractivity contribution in [2.45, 2.75) is 12.5 Å². The largest absolute Gasteiger partial charge is 0.480 e. The normalized spacial score (nSPS) is 23.6. The van der Waals surface area contributed by atoms with Crippen LogP contribution in [-0.2, 0) is 9.59 Å². The summed E-state index contributed by atoms with van der Waals surface area (Å²) >= 11 is 7.51. The van der Waals surface area contributed by atoms with Gasteiger partial charge in [0.1, 0.15) is 4.32 Å². The van der Waals surface area contributed by atoms with E-state index in [0.717, 1.165) is 16.6 Å². The number of hydrazone groups is 1. The quantitative estimate of drug-likeness (QED) is 0.643. The van der Waals surface area contributed by atoms with Gasteiger partial charge in [-0.3, -0.25) is 9.80 Å². The molecule has 0 spiro atoms. The fourth-order valence-corrected chi connectivity index (χ4v) is 3.70. The Morgan fingerprint density at radius 3 is 3.00 bits per heavy atom. The zero-order valence-electron chi connectivity index (χ0n) is 10.5. The monoisotopic (exact) mass is 339 g/mol. The van der Waals surface area contributed by atoms with Crippen molar-refractivity contribution in [2.75, 3.05) is 0 Å². The van der Waals surface area contributed by atoms with Gasteiger partial charge < -0.3 is 10.4 Å². The predicted octanol–water partition coefficient (Wildman–Crippen LogP) is 1.60. The lowest BCUT2D eigenvalue weighted by Gasteiger charge is -2.15. The molecule has 1 atom stereocenters. The molecule has 3 rings (SSSR count). The van der Waals surface area contributed by atoms with Gasteiger partial charge in [0, 0.05) is 12.6 Å². The van der Waals surface area contributed by atoms with Crippen LogP contribution in [0.25, 0.3) is 0 Å². The van der Waals surface area contributed by atoms with Crippen LogP contribution in [0, 0.1) is 0 Å². The van der Waals surface area contributed by atoms with Gasteiger partial charge in [-0.1, -0.05) is 30.0 Å². The fraction of sp³-hybridized carbons (Fsp3) is 0.167. The minimum atomic E-state index is -0.979. The summed E-state index contributed by atoms with van der Waals surface area (Å²) in [6.07, 6.45) is 1.75. The van der Waals surface area contributed by atoms with E-state index >= 15 is 0 Å². The topological polar surface area (TPSA) is 82.0 Å². The zero-order valence-corrected chi connectivity index (χ0v) is 12.9. The van der Waals surface area contributed by atoms with Crippen LogP contribution in [0.5, 0.6) is 0 Å². The van der Waals surface area contributed by atoms with Gasteiger partial charge in [0.25, 0.3) is 5.91 Å². The van der Waals surface area contributed by atoms with E-state index in [2.05, 4.69) is 10.4 Å². The SMILES string of the molecule is O=C1NC(=S)S/C1=C\N1N=C(c2cccs2)C[C@H]1C(=O)O. The number of carbonyl (C=O) groups excluding carboxylic acids is 1. The lowest BCUT2D eigenvalue weighted by molar-refractivity contribution is -0.141. The molecular formula is C12H9N3O3S3. The molecule has 1 aromatic rings. The Morgan fingerprint density at radius 2 is 2.43 bits per heavy atom. The van der Waals surface area contributed by atoms with Crippen LogP contribution >= 0.6 is 35.3 Å². The second-order valence-electron chi connectivity index (χ2n) is 4.30. The molecule has 3 heterocycles. The van der Waals surface area contributed by atoms with E-state index in [-0.39, 0.29) is 5.91 Å². The number of carbonyl (C=O) groups is 2. The van der Waals surface area contributed by atoms with Gasteiger partial charge in [-0.2, -0.15) is 5.10 Å². The molecular weight excluding hydrogens is 330 g/mol.